The molecule has 30 heavy (non-hydrogen) atoms. The smallest absolute Gasteiger partial charge is 0.268 e. The Morgan fingerprint density at radius 1 is 1.20 bits per heavy atom. The number of nitrogens with zero attached hydrogens (tertiary/aromatic N) is 2. The number of nitrogens with one attached hydrogen (secondary N) is 1. The van der Waals surface area contributed by atoms with Gasteiger partial charge in [-0.05, 0) is 48.9 Å². The SMILES string of the molecule is CCS(=O)(=O)ONC(=O)/C=C/c1ccn(S(=O)(=O)c2ccc(-c3ccccn3)s2)c1. The minimum absolute atomic E-state index is 0.144. The van der Waals surface area contributed by atoms with Gasteiger partial charge in [-0.25, -0.2) is 9.45 Å². The lowest BCUT2D eigenvalue weighted by Gasteiger charge is -2.02. The minimum Gasteiger partial charge on any atom is -0.268 e. The zero-order valence-corrected chi connectivity index (χ0v) is 18.1. The lowest BCUT2D eigenvalue weighted by atomic mass is 10.3. The predicted octanol–water partition coefficient (Wildman–Crippen LogP) is 2.26. The summed E-state index contributed by atoms with van der Waals surface area (Å²) in [6.45, 7) is 1.37. The van der Waals surface area contributed by atoms with Crippen molar-refractivity contribution in [3.05, 3.63) is 66.6 Å². The molecule has 0 spiro atoms. The third-order valence-corrected chi connectivity index (χ3v) is 8.03. The summed E-state index contributed by atoms with van der Waals surface area (Å²) in [5, 5.41) is 0. The molecule has 0 unspecified atom stereocenters. The lowest BCUT2D eigenvalue weighted by Crippen LogP contribution is -2.26. The quantitative estimate of drug-likeness (QED) is 0.398. The molecule has 3 aromatic rings. The van der Waals surface area contributed by atoms with Crippen molar-refractivity contribution in [1.82, 2.24) is 14.4 Å². The van der Waals surface area contributed by atoms with Crippen molar-refractivity contribution in [2.24, 2.45) is 0 Å². The van der Waals surface area contributed by atoms with Crippen LogP contribution in [0.25, 0.3) is 16.6 Å². The second-order valence-corrected chi connectivity index (χ2v) is 10.9. The van der Waals surface area contributed by atoms with Gasteiger partial charge in [0.25, 0.3) is 26.0 Å². The van der Waals surface area contributed by atoms with E-state index in [-0.39, 0.29) is 9.96 Å². The second-order valence-electron chi connectivity index (χ2n) is 5.84. The molecule has 3 rings (SSSR count). The van der Waals surface area contributed by atoms with Gasteiger partial charge in [0.05, 0.1) is 16.3 Å². The van der Waals surface area contributed by atoms with Crippen molar-refractivity contribution in [3.63, 3.8) is 0 Å². The maximum atomic E-state index is 12.8. The zero-order valence-electron chi connectivity index (χ0n) is 15.6. The fourth-order valence-electron chi connectivity index (χ4n) is 2.22. The molecule has 0 saturated heterocycles. The van der Waals surface area contributed by atoms with Gasteiger partial charge < -0.3 is 0 Å². The fraction of sp³-hybridized carbons (Fsp3) is 0.111. The highest BCUT2D eigenvalue weighted by Gasteiger charge is 2.20. The number of aromatic nitrogens is 2. The summed E-state index contributed by atoms with van der Waals surface area (Å²) in [7, 11) is -7.62. The molecule has 0 radical (unpaired) electrons. The van der Waals surface area contributed by atoms with Crippen molar-refractivity contribution in [2.75, 3.05) is 5.75 Å². The Bertz CT molecular complexity index is 1280. The van der Waals surface area contributed by atoms with Crippen LogP contribution in [0.4, 0.5) is 0 Å². The van der Waals surface area contributed by atoms with E-state index >= 15 is 0 Å². The van der Waals surface area contributed by atoms with Crippen molar-refractivity contribution < 1.29 is 25.9 Å². The van der Waals surface area contributed by atoms with E-state index in [1.54, 1.807) is 29.9 Å². The first-order chi connectivity index (χ1) is 14.2. The number of hydroxylamine groups is 1. The minimum atomic E-state index is -3.81. The summed E-state index contributed by atoms with van der Waals surface area (Å²) < 4.78 is 53.5. The highest BCUT2D eigenvalue weighted by atomic mass is 32.2. The number of carbonyl (C=O) groups is 1. The molecule has 158 valence electrons. The van der Waals surface area contributed by atoms with Gasteiger partial charge in [0.15, 0.2) is 0 Å². The van der Waals surface area contributed by atoms with E-state index in [0.29, 0.717) is 11.3 Å². The molecule has 0 aliphatic rings. The van der Waals surface area contributed by atoms with Gasteiger partial charge in [-0.15, -0.1) is 15.6 Å². The molecule has 0 atom stereocenters. The molecule has 1 N–H and O–H groups in total. The van der Waals surface area contributed by atoms with Gasteiger partial charge in [-0.2, -0.15) is 16.8 Å². The van der Waals surface area contributed by atoms with Crippen LogP contribution in [0.2, 0.25) is 0 Å². The van der Waals surface area contributed by atoms with E-state index < -0.39 is 26.0 Å². The van der Waals surface area contributed by atoms with Crippen LogP contribution in [-0.2, 0) is 29.2 Å². The monoisotopic (exact) mass is 467 g/mol. The Hall–Kier alpha value is -2.80. The van der Waals surface area contributed by atoms with Crippen LogP contribution < -0.4 is 5.48 Å². The summed E-state index contributed by atoms with van der Waals surface area (Å²) in [6, 6.07) is 10.1. The Labute approximate surface area is 177 Å². The average molecular weight is 468 g/mol. The second kappa shape index (κ2) is 8.92. The molecule has 0 saturated carbocycles. The van der Waals surface area contributed by atoms with Crippen LogP contribution in [0.15, 0.2) is 65.3 Å². The van der Waals surface area contributed by atoms with Gasteiger partial charge in [0, 0.05) is 24.7 Å². The topological polar surface area (TPSA) is 124 Å². The molecule has 0 aliphatic heterocycles. The normalized spacial score (nSPS) is 12.3. The molecule has 0 aliphatic carbocycles. The zero-order chi connectivity index (χ0) is 21.8. The van der Waals surface area contributed by atoms with Gasteiger partial charge >= 0.3 is 0 Å². The first-order valence-electron chi connectivity index (χ1n) is 8.55. The average Bonchev–Trinajstić information content (AvgIpc) is 3.42. The predicted molar refractivity (Wildman–Crippen MR) is 112 cm³/mol. The van der Waals surface area contributed by atoms with Crippen molar-refractivity contribution in [2.45, 2.75) is 11.1 Å². The summed E-state index contributed by atoms with van der Waals surface area (Å²) in [6.07, 6.45) is 6.68. The molecule has 0 bridgehead atoms. The van der Waals surface area contributed by atoms with E-state index in [4.69, 9.17) is 0 Å². The number of amides is 1. The summed E-state index contributed by atoms with van der Waals surface area (Å²) in [5.41, 5.74) is 2.89. The Kier molecular flexibility index (Phi) is 6.51. The highest BCUT2D eigenvalue weighted by Crippen LogP contribution is 2.30. The third kappa shape index (κ3) is 5.21. The number of pyridine rings is 1. The lowest BCUT2D eigenvalue weighted by molar-refractivity contribution is -0.122. The molecule has 1 amide bonds. The molecule has 3 aromatic heterocycles. The van der Waals surface area contributed by atoms with Crippen LogP contribution in [0, 0.1) is 0 Å². The number of hydrogen-bond donors (Lipinski definition) is 1. The molecular formula is C18H17N3O6S3. The van der Waals surface area contributed by atoms with Crippen LogP contribution >= 0.6 is 11.3 Å². The first-order valence-corrected chi connectivity index (χ1v) is 12.4. The maximum Gasteiger partial charge on any atom is 0.287 e. The first kappa shape index (κ1) is 21.9. The summed E-state index contributed by atoms with van der Waals surface area (Å²) in [4.78, 5) is 16.6. The van der Waals surface area contributed by atoms with Crippen LogP contribution in [0.1, 0.15) is 12.5 Å². The van der Waals surface area contributed by atoms with Crippen LogP contribution in [0.5, 0.6) is 0 Å². The van der Waals surface area contributed by atoms with E-state index in [1.165, 1.54) is 37.5 Å². The number of rotatable bonds is 8. The van der Waals surface area contributed by atoms with Crippen molar-refractivity contribution in [1.29, 1.82) is 0 Å². The van der Waals surface area contributed by atoms with Crippen molar-refractivity contribution in [3.8, 4) is 10.6 Å². The Balaban J connectivity index is 1.72. The highest BCUT2D eigenvalue weighted by molar-refractivity contribution is 7.92. The van der Waals surface area contributed by atoms with Gasteiger partial charge in [0.2, 0.25) is 0 Å². The number of hydrogen-bond acceptors (Lipinski definition) is 8. The third-order valence-electron chi connectivity index (χ3n) is 3.77. The molecule has 12 heteroatoms. The van der Waals surface area contributed by atoms with Gasteiger partial charge in [-0.1, -0.05) is 6.07 Å². The van der Waals surface area contributed by atoms with E-state index in [2.05, 4.69) is 9.27 Å². The van der Waals surface area contributed by atoms with Crippen molar-refractivity contribution >= 4 is 43.5 Å². The fourth-order valence-corrected chi connectivity index (χ4v) is 5.14. The summed E-state index contributed by atoms with van der Waals surface area (Å²) >= 11 is 1.10. The Morgan fingerprint density at radius 3 is 2.70 bits per heavy atom. The standard InChI is InChI=1S/C18H17N3O6S3/c1-2-29(23,24)27-20-17(22)8-6-14-10-12-21(13-14)30(25,26)18-9-7-16(28-18)15-5-3-4-11-19-15/h3-13H,2H2,1H3,(H,20,22)/b8-6+. The van der Waals surface area contributed by atoms with E-state index in [9.17, 15) is 21.6 Å². The van der Waals surface area contributed by atoms with E-state index in [1.807, 2.05) is 6.07 Å². The molecule has 0 fully saturated rings. The Morgan fingerprint density at radius 2 is 2.00 bits per heavy atom. The summed E-state index contributed by atoms with van der Waals surface area (Å²) in [5.74, 6) is -1.09. The number of carbonyl (C=O) groups excluding carboxylic acids is 1. The number of thiophene rings is 1. The maximum absolute atomic E-state index is 12.8. The van der Waals surface area contributed by atoms with Crippen LogP contribution in [0.3, 0.4) is 0 Å². The van der Waals surface area contributed by atoms with E-state index in [0.717, 1.165) is 26.3 Å². The molecule has 0 aromatic carbocycles. The molecular weight excluding hydrogens is 450 g/mol. The molecule has 9 nitrogen and oxygen atoms in total. The van der Waals surface area contributed by atoms with Crippen LogP contribution in [-0.4, -0.2) is 37.5 Å². The largest absolute Gasteiger partial charge is 0.287 e. The van der Waals surface area contributed by atoms with Gasteiger partial charge in [-0.3, -0.25) is 9.78 Å². The molecule has 3 heterocycles. The van der Waals surface area contributed by atoms with Gasteiger partial charge in [0.1, 0.15) is 4.21 Å².